The molecule has 0 bridgehead atoms. The maximum absolute atomic E-state index is 12.8. The first-order valence-corrected chi connectivity index (χ1v) is 8.94. The van der Waals surface area contributed by atoms with Gasteiger partial charge in [0.25, 0.3) is 0 Å². The first-order valence-electron chi connectivity index (χ1n) is 8.94. The molecule has 0 aromatic heterocycles. The molecular formula is C19H27N3O4. The van der Waals surface area contributed by atoms with Gasteiger partial charge in [-0.3, -0.25) is 9.59 Å². The van der Waals surface area contributed by atoms with Gasteiger partial charge >= 0.3 is 5.97 Å². The van der Waals surface area contributed by atoms with Gasteiger partial charge in [0.05, 0.1) is 6.04 Å². The zero-order chi connectivity index (χ0) is 19.3. The summed E-state index contributed by atoms with van der Waals surface area (Å²) in [5.74, 6) is -1.95. The van der Waals surface area contributed by atoms with Crippen LogP contribution in [0, 0.1) is 5.92 Å². The molecule has 0 saturated carbocycles. The fourth-order valence-electron chi connectivity index (χ4n) is 3.20. The summed E-state index contributed by atoms with van der Waals surface area (Å²) in [5.41, 5.74) is 6.93. The lowest BCUT2D eigenvalue weighted by Gasteiger charge is -2.30. The maximum Gasteiger partial charge on any atom is 0.326 e. The minimum atomic E-state index is -1.01. The Morgan fingerprint density at radius 3 is 2.50 bits per heavy atom. The summed E-state index contributed by atoms with van der Waals surface area (Å²) in [6.45, 7) is 4.03. The zero-order valence-corrected chi connectivity index (χ0v) is 15.2. The number of hydrogen-bond donors (Lipinski definition) is 3. The SMILES string of the molecule is CC(C)[C@@H](NC(=O)[C@@H](N)Cc1ccccc1)C(=O)N1CCC[C@H]1C(=O)O. The number of nitrogens with two attached hydrogens (primary N) is 1. The quantitative estimate of drug-likeness (QED) is 0.664. The Balaban J connectivity index is 2.03. The topological polar surface area (TPSA) is 113 Å². The Hall–Kier alpha value is -2.41. The number of carboxylic acids is 1. The van der Waals surface area contributed by atoms with Gasteiger partial charge in [-0.25, -0.2) is 4.79 Å². The fraction of sp³-hybridized carbons (Fsp3) is 0.526. The Morgan fingerprint density at radius 2 is 1.92 bits per heavy atom. The van der Waals surface area contributed by atoms with Crippen LogP contribution in [0.15, 0.2) is 30.3 Å². The Bertz CT molecular complexity index is 647. The van der Waals surface area contributed by atoms with Crippen LogP contribution in [0.4, 0.5) is 0 Å². The van der Waals surface area contributed by atoms with Gasteiger partial charge in [0, 0.05) is 6.54 Å². The lowest BCUT2D eigenvalue weighted by molar-refractivity contribution is -0.150. The molecule has 0 spiro atoms. The van der Waals surface area contributed by atoms with E-state index in [2.05, 4.69) is 5.32 Å². The average molecular weight is 361 g/mol. The third-order valence-corrected chi connectivity index (χ3v) is 4.69. The number of nitrogens with one attached hydrogen (secondary N) is 1. The summed E-state index contributed by atoms with van der Waals surface area (Å²) in [5, 5.41) is 12.0. The van der Waals surface area contributed by atoms with Crippen molar-refractivity contribution < 1.29 is 19.5 Å². The molecule has 1 aliphatic heterocycles. The van der Waals surface area contributed by atoms with Crippen molar-refractivity contribution >= 4 is 17.8 Å². The molecule has 2 amide bonds. The van der Waals surface area contributed by atoms with E-state index in [-0.39, 0.29) is 11.8 Å². The molecular weight excluding hydrogens is 334 g/mol. The first kappa shape index (κ1) is 19.9. The molecule has 1 aromatic carbocycles. The molecule has 0 radical (unpaired) electrons. The van der Waals surface area contributed by atoms with Gasteiger partial charge in [-0.05, 0) is 30.7 Å². The van der Waals surface area contributed by atoms with Crippen LogP contribution in [0.1, 0.15) is 32.3 Å². The van der Waals surface area contributed by atoms with Crippen molar-refractivity contribution in [3.63, 3.8) is 0 Å². The van der Waals surface area contributed by atoms with E-state index < -0.39 is 30.0 Å². The highest BCUT2D eigenvalue weighted by atomic mass is 16.4. The van der Waals surface area contributed by atoms with Crippen LogP contribution in [-0.2, 0) is 20.8 Å². The first-order chi connectivity index (χ1) is 12.3. The fourth-order valence-corrected chi connectivity index (χ4v) is 3.20. The molecule has 1 aliphatic rings. The van der Waals surface area contributed by atoms with Gasteiger partial charge in [0.15, 0.2) is 0 Å². The third kappa shape index (κ3) is 4.82. The van der Waals surface area contributed by atoms with Crippen LogP contribution in [0.5, 0.6) is 0 Å². The molecule has 1 fully saturated rings. The monoisotopic (exact) mass is 361 g/mol. The predicted octanol–water partition coefficient (Wildman–Crippen LogP) is 0.773. The normalized spacial score (nSPS) is 19.2. The van der Waals surface area contributed by atoms with E-state index in [0.29, 0.717) is 25.8 Å². The van der Waals surface area contributed by atoms with Crippen molar-refractivity contribution in [2.75, 3.05) is 6.54 Å². The lowest BCUT2D eigenvalue weighted by Crippen LogP contribution is -2.56. The highest BCUT2D eigenvalue weighted by Gasteiger charge is 2.38. The number of carboxylic acid groups (broad SMARTS) is 1. The van der Waals surface area contributed by atoms with Crippen molar-refractivity contribution in [1.29, 1.82) is 0 Å². The zero-order valence-electron chi connectivity index (χ0n) is 15.2. The molecule has 142 valence electrons. The van der Waals surface area contributed by atoms with Gasteiger partial charge in [0.1, 0.15) is 12.1 Å². The minimum Gasteiger partial charge on any atom is -0.480 e. The standard InChI is InChI=1S/C19H27N3O4/c1-12(2)16(18(24)22-10-6-9-15(22)19(25)26)21-17(23)14(20)11-13-7-4-3-5-8-13/h3-5,7-8,12,14-16H,6,9-11,20H2,1-2H3,(H,21,23)(H,25,26)/t14-,15-,16+/m0/s1. The Morgan fingerprint density at radius 1 is 1.27 bits per heavy atom. The summed E-state index contributed by atoms with van der Waals surface area (Å²) in [6, 6.07) is 7.03. The van der Waals surface area contributed by atoms with Gasteiger partial charge in [-0.15, -0.1) is 0 Å². The predicted molar refractivity (Wildman–Crippen MR) is 97.3 cm³/mol. The van der Waals surface area contributed by atoms with Crippen molar-refractivity contribution in [3.8, 4) is 0 Å². The molecule has 0 unspecified atom stereocenters. The van der Waals surface area contributed by atoms with E-state index in [1.165, 1.54) is 4.90 Å². The number of nitrogens with zero attached hydrogens (tertiary/aromatic N) is 1. The van der Waals surface area contributed by atoms with E-state index in [4.69, 9.17) is 5.73 Å². The number of hydrogen-bond acceptors (Lipinski definition) is 4. The van der Waals surface area contributed by atoms with Crippen molar-refractivity contribution in [3.05, 3.63) is 35.9 Å². The molecule has 2 rings (SSSR count). The van der Waals surface area contributed by atoms with Crippen molar-refractivity contribution in [2.24, 2.45) is 11.7 Å². The molecule has 1 aromatic rings. The van der Waals surface area contributed by atoms with Crippen LogP contribution >= 0.6 is 0 Å². The number of carbonyl (C=O) groups excluding carboxylic acids is 2. The van der Waals surface area contributed by atoms with Gasteiger partial charge < -0.3 is 21.1 Å². The van der Waals surface area contributed by atoms with Crippen LogP contribution in [-0.4, -0.2) is 52.5 Å². The van der Waals surface area contributed by atoms with Gasteiger partial charge in [-0.2, -0.15) is 0 Å². The van der Waals surface area contributed by atoms with Crippen LogP contribution in [0.2, 0.25) is 0 Å². The van der Waals surface area contributed by atoms with E-state index in [1.54, 1.807) is 0 Å². The minimum absolute atomic E-state index is 0.176. The largest absolute Gasteiger partial charge is 0.480 e. The number of carbonyl (C=O) groups is 3. The summed E-state index contributed by atoms with van der Waals surface area (Å²) in [7, 11) is 0. The second kappa shape index (κ2) is 8.80. The van der Waals surface area contributed by atoms with Crippen molar-refractivity contribution in [1.82, 2.24) is 10.2 Å². The van der Waals surface area contributed by atoms with Crippen LogP contribution in [0.25, 0.3) is 0 Å². The van der Waals surface area contributed by atoms with E-state index in [1.807, 2.05) is 44.2 Å². The highest BCUT2D eigenvalue weighted by molar-refractivity contribution is 5.92. The summed E-state index contributed by atoms with van der Waals surface area (Å²) < 4.78 is 0. The lowest BCUT2D eigenvalue weighted by atomic mass is 10.0. The average Bonchev–Trinajstić information content (AvgIpc) is 3.09. The molecule has 7 heteroatoms. The number of likely N-dealkylation sites (tertiary alicyclic amines) is 1. The summed E-state index contributed by atoms with van der Waals surface area (Å²) in [6.07, 6.45) is 1.45. The van der Waals surface area contributed by atoms with Crippen LogP contribution in [0.3, 0.4) is 0 Å². The number of benzene rings is 1. The summed E-state index contributed by atoms with van der Waals surface area (Å²) in [4.78, 5) is 38.0. The second-order valence-electron chi connectivity index (χ2n) is 7.05. The molecule has 1 heterocycles. The van der Waals surface area contributed by atoms with Crippen molar-refractivity contribution in [2.45, 2.75) is 51.2 Å². The highest BCUT2D eigenvalue weighted by Crippen LogP contribution is 2.20. The number of aliphatic carboxylic acids is 1. The van der Waals surface area contributed by atoms with Gasteiger partial charge in [-0.1, -0.05) is 44.2 Å². The molecule has 0 aliphatic carbocycles. The summed E-state index contributed by atoms with van der Waals surface area (Å²) >= 11 is 0. The maximum atomic E-state index is 12.8. The van der Waals surface area contributed by atoms with Gasteiger partial charge in [0.2, 0.25) is 11.8 Å². The molecule has 7 nitrogen and oxygen atoms in total. The smallest absolute Gasteiger partial charge is 0.326 e. The molecule has 3 atom stereocenters. The Kier molecular flexibility index (Phi) is 6.74. The third-order valence-electron chi connectivity index (χ3n) is 4.69. The van der Waals surface area contributed by atoms with Crippen LogP contribution < -0.4 is 11.1 Å². The Labute approximate surface area is 153 Å². The molecule has 26 heavy (non-hydrogen) atoms. The van der Waals surface area contributed by atoms with E-state index in [9.17, 15) is 19.5 Å². The van der Waals surface area contributed by atoms with E-state index in [0.717, 1.165) is 5.56 Å². The van der Waals surface area contributed by atoms with E-state index >= 15 is 0 Å². The number of rotatable bonds is 7. The molecule has 4 N–H and O–H groups in total. The molecule has 1 saturated heterocycles. The second-order valence-corrected chi connectivity index (χ2v) is 7.05. The number of amides is 2.